The number of primary amides is 1. The highest BCUT2D eigenvalue weighted by Crippen LogP contribution is 2.12. The fourth-order valence-electron chi connectivity index (χ4n) is 1.60. The van der Waals surface area contributed by atoms with Gasteiger partial charge in [0, 0.05) is 35.8 Å². The molecule has 1 aromatic carbocycles. The Hall–Kier alpha value is -2.34. The van der Waals surface area contributed by atoms with Gasteiger partial charge in [0.25, 0.3) is 5.91 Å². The van der Waals surface area contributed by atoms with Crippen LogP contribution in [0.25, 0.3) is 0 Å². The first-order valence-corrected chi connectivity index (χ1v) is 6.31. The van der Waals surface area contributed by atoms with E-state index in [1.807, 2.05) is 0 Å². The second-order valence-electron chi connectivity index (χ2n) is 4.14. The number of hydrogen-bond donors (Lipinski definition) is 2. The maximum absolute atomic E-state index is 11.9. The van der Waals surface area contributed by atoms with E-state index in [0.717, 1.165) is 0 Å². The summed E-state index contributed by atoms with van der Waals surface area (Å²) in [6.45, 7) is 0.377. The Morgan fingerprint density at radius 2 is 2.15 bits per heavy atom. The molecule has 0 radical (unpaired) electrons. The van der Waals surface area contributed by atoms with Crippen LogP contribution in [-0.2, 0) is 11.3 Å². The standard InChI is InChI=1S/C13H13ClN4O2/c14-10-3-1-2-9(8-10)13(20)16-12-5-7-18(17-12)6-4-11(15)19/h1-3,5,7-8H,4,6H2,(H2,15,19)(H,16,17,20). The number of carbonyl (C=O) groups excluding carboxylic acids is 2. The van der Waals surface area contributed by atoms with E-state index in [4.69, 9.17) is 17.3 Å². The molecule has 0 spiro atoms. The summed E-state index contributed by atoms with van der Waals surface area (Å²) in [5, 5.41) is 7.25. The molecule has 0 bridgehead atoms. The molecule has 1 heterocycles. The van der Waals surface area contributed by atoms with Crippen LogP contribution < -0.4 is 11.1 Å². The fraction of sp³-hybridized carbons (Fsp3) is 0.154. The topological polar surface area (TPSA) is 90.0 Å². The average molecular weight is 293 g/mol. The molecule has 0 aliphatic carbocycles. The minimum atomic E-state index is -0.398. The Morgan fingerprint density at radius 1 is 1.35 bits per heavy atom. The van der Waals surface area contributed by atoms with Crippen molar-refractivity contribution >= 4 is 29.2 Å². The van der Waals surface area contributed by atoms with Gasteiger partial charge in [0.05, 0.1) is 0 Å². The Kier molecular flexibility index (Phi) is 4.37. The van der Waals surface area contributed by atoms with Gasteiger partial charge in [-0.15, -0.1) is 0 Å². The van der Waals surface area contributed by atoms with Gasteiger partial charge in [0.15, 0.2) is 5.82 Å². The minimum Gasteiger partial charge on any atom is -0.370 e. The highest BCUT2D eigenvalue weighted by atomic mass is 35.5. The van der Waals surface area contributed by atoms with Crippen molar-refractivity contribution in [1.82, 2.24) is 9.78 Å². The van der Waals surface area contributed by atoms with E-state index >= 15 is 0 Å². The molecule has 0 aliphatic heterocycles. The number of carbonyl (C=O) groups is 2. The van der Waals surface area contributed by atoms with Crippen molar-refractivity contribution in [1.29, 1.82) is 0 Å². The predicted octanol–water partition coefficient (Wildman–Crippen LogP) is 1.66. The number of aryl methyl sites for hydroxylation is 1. The Bertz CT molecular complexity index is 639. The van der Waals surface area contributed by atoms with Gasteiger partial charge in [0.1, 0.15) is 0 Å². The van der Waals surface area contributed by atoms with Crippen LogP contribution in [0.3, 0.4) is 0 Å². The maximum Gasteiger partial charge on any atom is 0.256 e. The van der Waals surface area contributed by atoms with Gasteiger partial charge in [-0.2, -0.15) is 5.10 Å². The van der Waals surface area contributed by atoms with Crippen LogP contribution in [0.4, 0.5) is 5.82 Å². The molecule has 0 saturated heterocycles. The number of nitrogens with two attached hydrogens (primary N) is 1. The second kappa shape index (κ2) is 6.21. The molecule has 20 heavy (non-hydrogen) atoms. The maximum atomic E-state index is 11.9. The number of hydrogen-bond acceptors (Lipinski definition) is 3. The number of benzene rings is 1. The average Bonchev–Trinajstić information content (AvgIpc) is 2.84. The number of nitrogens with one attached hydrogen (secondary N) is 1. The van der Waals surface area contributed by atoms with Crippen molar-refractivity contribution in [2.75, 3.05) is 5.32 Å². The number of nitrogens with zero attached hydrogens (tertiary/aromatic N) is 2. The van der Waals surface area contributed by atoms with Gasteiger partial charge in [-0.25, -0.2) is 0 Å². The first kappa shape index (κ1) is 14.1. The van der Waals surface area contributed by atoms with E-state index < -0.39 is 5.91 Å². The van der Waals surface area contributed by atoms with E-state index in [2.05, 4.69) is 10.4 Å². The van der Waals surface area contributed by atoms with E-state index in [1.165, 1.54) is 0 Å². The molecular formula is C13H13ClN4O2. The zero-order valence-corrected chi connectivity index (χ0v) is 11.3. The van der Waals surface area contributed by atoms with Crippen LogP contribution in [-0.4, -0.2) is 21.6 Å². The summed E-state index contributed by atoms with van der Waals surface area (Å²) >= 11 is 5.82. The van der Waals surface area contributed by atoms with Crippen LogP contribution in [0.2, 0.25) is 5.02 Å². The summed E-state index contributed by atoms with van der Waals surface area (Å²) in [6.07, 6.45) is 1.86. The third-order valence-electron chi connectivity index (χ3n) is 2.56. The molecule has 0 saturated carbocycles. The summed E-state index contributed by atoms with van der Waals surface area (Å²) in [6, 6.07) is 8.26. The molecule has 2 aromatic rings. The summed E-state index contributed by atoms with van der Waals surface area (Å²) in [7, 11) is 0. The van der Waals surface area contributed by atoms with Crippen LogP contribution in [0, 0.1) is 0 Å². The zero-order valence-electron chi connectivity index (χ0n) is 10.5. The quantitative estimate of drug-likeness (QED) is 0.878. The largest absolute Gasteiger partial charge is 0.370 e. The Labute approximate surface area is 120 Å². The van der Waals surface area contributed by atoms with Crippen LogP contribution in [0.1, 0.15) is 16.8 Å². The number of aromatic nitrogens is 2. The van der Waals surface area contributed by atoms with E-state index in [9.17, 15) is 9.59 Å². The molecule has 2 amide bonds. The van der Waals surface area contributed by atoms with Crippen LogP contribution in [0.15, 0.2) is 36.5 Å². The summed E-state index contributed by atoms with van der Waals surface area (Å²) < 4.78 is 1.54. The summed E-state index contributed by atoms with van der Waals surface area (Å²) in [5.41, 5.74) is 5.50. The minimum absolute atomic E-state index is 0.198. The van der Waals surface area contributed by atoms with E-state index in [-0.39, 0.29) is 12.3 Å². The lowest BCUT2D eigenvalue weighted by Crippen LogP contribution is -2.15. The number of anilines is 1. The molecule has 0 unspecified atom stereocenters. The summed E-state index contributed by atoms with van der Waals surface area (Å²) in [4.78, 5) is 22.6. The predicted molar refractivity (Wildman–Crippen MR) is 75.4 cm³/mol. The van der Waals surface area contributed by atoms with Gasteiger partial charge in [-0.1, -0.05) is 17.7 Å². The van der Waals surface area contributed by atoms with Gasteiger partial charge in [-0.05, 0) is 18.2 Å². The molecule has 3 N–H and O–H groups in total. The van der Waals surface area contributed by atoms with Crippen LogP contribution in [0.5, 0.6) is 0 Å². The first-order valence-electron chi connectivity index (χ1n) is 5.93. The van der Waals surface area contributed by atoms with Crippen molar-refractivity contribution < 1.29 is 9.59 Å². The lowest BCUT2D eigenvalue weighted by atomic mass is 10.2. The van der Waals surface area contributed by atoms with Crippen LogP contribution >= 0.6 is 11.6 Å². The first-order chi connectivity index (χ1) is 9.54. The van der Waals surface area contributed by atoms with Crippen molar-refractivity contribution in [3.8, 4) is 0 Å². The Balaban J connectivity index is 1.99. The highest BCUT2D eigenvalue weighted by Gasteiger charge is 2.08. The molecule has 2 rings (SSSR count). The molecule has 104 valence electrons. The molecule has 7 heteroatoms. The fourth-order valence-corrected chi connectivity index (χ4v) is 1.79. The van der Waals surface area contributed by atoms with Crippen molar-refractivity contribution in [2.24, 2.45) is 5.73 Å². The second-order valence-corrected chi connectivity index (χ2v) is 4.58. The molecule has 1 aromatic heterocycles. The van der Waals surface area contributed by atoms with Gasteiger partial charge in [-0.3, -0.25) is 14.3 Å². The van der Waals surface area contributed by atoms with E-state index in [0.29, 0.717) is 22.9 Å². The smallest absolute Gasteiger partial charge is 0.256 e. The third-order valence-corrected chi connectivity index (χ3v) is 2.79. The molecule has 0 atom stereocenters. The normalized spacial score (nSPS) is 10.2. The lowest BCUT2D eigenvalue weighted by Gasteiger charge is -2.02. The van der Waals surface area contributed by atoms with Gasteiger partial charge >= 0.3 is 0 Å². The van der Waals surface area contributed by atoms with Gasteiger partial charge in [0.2, 0.25) is 5.91 Å². The zero-order chi connectivity index (χ0) is 14.5. The van der Waals surface area contributed by atoms with Crippen molar-refractivity contribution in [2.45, 2.75) is 13.0 Å². The molecule has 6 nitrogen and oxygen atoms in total. The number of halogens is 1. The summed E-state index contributed by atoms with van der Waals surface area (Å²) in [5.74, 6) is -0.294. The molecule has 0 fully saturated rings. The number of rotatable bonds is 5. The Morgan fingerprint density at radius 3 is 2.85 bits per heavy atom. The molecular weight excluding hydrogens is 280 g/mol. The van der Waals surface area contributed by atoms with Gasteiger partial charge < -0.3 is 11.1 Å². The molecule has 0 aliphatic rings. The van der Waals surface area contributed by atoms with Crippen molar-refractivity contribution in [3.05, 3.63) is 47.1 Å². The highest BCUT2D eigenvalue weighted by molar-refractivity contribution is 6.31. The van der Waals surface area contributed by atoms with E-state index in [1.54, 1.807) is 41.2 Å². The lowest BCUT2D eigenvalue weighted by molar-refractivity contribution is -0.118. The third kappa shape index (κ3) is 3.83. The SMILES string of the molecule is NC(=O)CCn1ccc(NC(=O)c2cccc(Cl)c2)n1. The monoisotopic (exact) mass is 292 g/mol. The van der Waals surface area contributed by atoms with Crippen molar-refractivity contribution in [3.63, 3.8) is 0 Å². The number of amides is 2.